The van der Waals surface area contributed by atoms with Crippen molar-refractivity contribution in [2.24, 2.45) is 7.05 Å². The van der Waals surface area contributed by atoms with Crippen molar-refractivity contribution >= 4 is 17.3 Å². The van der Waals surface area contributed by atoms with E-state index in [-0.39, 0.29) is 0 Å². The molecule has 2 N–H and O–H groups in total. The van der Waals surface area contributed by atoms with E-state index in [1.807, 2.05) is 20.3 Å². The molecule has 0 saturated carbocycles. The van der Waals surface area contributed by atoms with Crippen molar-refractivity contribution in [2.45, 2.75) is 13.3 Å². The number of hydrogen-bond donors (Lipinski definition) is 2. The van der Waals surface area contributed by atoms with Crippen LogP contribution in [0.5, 0.6) is 0 Å². The van der Waals surface area contributed by atoms with E-state index < -0.39 is 0 Å². The number of anilines is 3. The summed E-state index contributed by atoms with van der Waals surface area (Å²) in [5, 5.41) is 10.4. The second-order valence-corrected chi connectivity index (χ2v) is 3.68. The van der Waals surface area contributed by atoms with Gasteiger partial charge >= 0.3 is 0 Å². The largest absolute Gasteiger partial charge is 0.373 e. The van der Waals surface area contributed by atoms with Gasteiger partial charge in [0, 0.05) is 25.9 Å². The lowest BCUT2D eigenvalue weighted by Crippen LogP contribution is -2.04. The molecule has 0 aliphatic rings. The minimum atomic E-state index is 0.819. The molecule has 0 aliphatic heterocycles. The summed E-state index contributed by atoms with van der Waals surface area (Å²) in [4.78, 5) is 8.46. The Balaban J connectivity index is 2.32. The Hall–Kier alpha value is -2.11. The van der Waals surface area contributed by atoms with Crippen molar-refractivity contribution in [3.8, 4) is 0 Å². The molecule has 0 spiro atoms. The summed E-state index contributed by atoms with van der Waals surface area (Å²) < 4.78 is 1.74. The van der Waals surface area contributed by atoms with Gasteiger partial charge in [-0.2, -0.15) is 5.10 Å². The molecule has 2 aromatic rings. The van der Waals surface area contributed by atoms with Crippen LogP contribution in [-0.4, -0.2) is 26.8 Å². The number of nitrogens with one attached hydrogen (secondary N) is 2. The second-order valence-electron chi connectivity index (χ2n) is 3.68. The zero-order valence-electron chi connectivity index (χ0n) is 10.2. The average molecular weight is 232 g/mol. The first kappa shape index (κ1) is 11.4. The molecule has 6 nitrogen and oxygen atoms in total. The van der Waals surface area contributed by atoms with Gasteiger partial charge in [0.05, 0.1) is 11.9 Å². The molecule has 0 atom stereocenters. The molecule has 0 amide bonds. The molecule has 17 heavy (non-hydrogen) atoms. The zero-order valence-corrected chi connectivity index (χ0v) is 10.2. The fraction of sp³-hybridized carbons (Fsp3) is 0.364. The Kier molecular flexibility index (Phi) is 3.22. The summed E-state index contributed by atoms with van der Waals surface area (Å²) in [6.45, 7) is 2.08. The lowest BCUT2D eigenvalue weighted by atomic mass is 10.2. The summed E-state index contributed by atoms with van der Waals surface area (Å²) in [6.07, 6.45) is 6.07. The van der Waals surface area contributed by atoms with Gasteiger partial charge in [0.15, 0.2) is 0 Å². The molecule has 0 bridgehead atoms. The van der Waals surface area contributed by atoms with Crippen LogP contribution in [0.3, 0.4) is 0 Å². The third-order valence-electron chi connectivity index (χ3n) is 2.50. The molecule has 0 radical (unpaired) electrons. The molecule has 2 rings (SSSR count). The maximum Gasteiger partial charge on any atom is 0.139 e. The minimum absolute atomic E-state index is 0.819. The van der Waals surface area contributed by atoms with Crippen molar-refractivity contribution in [1.82, 2.24) is 19.7 Å². The van der Waals surface area contributed by atoms with E-state index in [4.69, 9.17) is 0 Å². The number of aromatic nitrogens is 4. The molecule has 0 aliphatic carbocycles. The van der Waals surface area contributed by atoms with Crippen LogP contribution in [0.4, 0.5) is 17.3 Å². The molecule has 6 heteroatoms. The van der Waals surface area contributed by atoms with Gasteiger partial charge in [0.1, 0.15) is 18.0 Å². The maximum absolute atomic E-state index is 4.26. The fourth-order valence-corrected chi connectivity index (χ4v) is 1.69. The van der Waals surface area contributed by atoms with Crippen LogP contribution in [0.15, 0.2) is 18.7 Å². The van der Waals surface area contributed by atoms with Crippen LogP contribution >= 0.6 is 0 Å². The highest BCUT2D eigenvalue weighted by molar-refractivity contribution is 5.63. The molecule has 0 aromatic carbocycles. The normalized spacial score (nSPS) is 10.3. The number of hydrogen-bond acceptors (Lipinski definition) is 5. The highest BCUT2D eigenvalue weighted by atomic mass is 15.3. The first-order chi connectivity index (χ1) is 8.24. The van der Waals surface area contributed by atoms with E-state index in [0.29, 0.717) is 0 Å². The van der Waals surface area contributed by atoms with Crippen LogP contribution in [-0.2, 0) is 13.5 Å². The Morgan fingerprint density at radius 2 is 2.06 bits per heavy atom. The van der Waals surface area contributed by atoms with E-state index in [9.17, 15) is 0 Å². The van der Waals surface area contributed by atoms with E-state index in [0.717, 1.165) is 29.3 Å². The Bertz CT molecular complexity index is 504. The smallest absolute Gasteiger partial charge is 0.139 e. The number of rotatable bonds is 4. The summed E-state index contributed by atoms with van der Waals surface area (Å²) in [5.74, 6) is 1.67. The zero-order chi connectivity index (χ0) is 12.3. The molecular formula is C11H16N6. The number of nitrogens with zero attached hydrogens (tertiary/aromatic N) is 4. The summed E-state index contributed by atoms with van der Waals surface area (Å²) in [5.41, 5.74) is 1.99. The highest BCUT2D eigenvalue weighted by Gasteiger charge is 2.09. The molecule has 2 heterocycles. The van der Waals surface area contributed by atoms with Crippen LogP contribution in [0.1, 0.15) is 12.5 Å². The quantitative estimate of drug-likeness (QED) is 0.837. The molecule has 0 unspecified atom stereocenters. The van der Waals surface area contributed by atoms with Crippen molar-refractivity contribution in [3.05, 3.63) is 24.3 Å². The predicted molar refractivity (Wildman–Crippen MR) is 67.4 cm³/mol. The van der Waals surface area contributed by atoms with E-state index >= 15 is 0 Å². The molecular weight excluding hydrogens is 216 g/mol. The van der Waals surface area contributed by atoms with Crippen molar-refractivity contribution in [1.29, 1.82) is 0 Å². The predicted octanol–water partition coefficient (Wildman–Crippen LogP) is 1.56. The van der Waals surface area contributed by atoms with Crippen LogP contribution in [0, 0.1) is 0 Å². The molecule has 2 aromatic heterocycles. The number of aryl methyl sites for hydroxylation is 1. The average Bonchev–Trinajstić information content (AvgIpc) is 2.74. The minimum Gasteiger partial charge on any atom is -0.373 e. The van der Waals surface area contributed by atoms with Crippen molar-refractivity contribution < 1.29 is 0 Å². The lowest BCUT2D eigenvalue weighted by Gasteiger charge is -2.11. The van der Waals surface area contributed by atoms with Gasteiger partial charge in [0.2, 0.25) is 0 Å². The molecule has 90 valence electrons. The van der Waals surface area contributed by atoms with Crippen LogP contribution in [0.2, 0.25) is 0 Å². The summed E-state index contributed by atoms with van der Waals surface area (Å²) in [6, 6.07) is 0. The van der Waals surface area contributed by atoms with Crippen molar-refractivity contribution in [2.75, 3.05) is 17.7 Å². The summed E-state index contributed by atoms with van der Waals surface area (Å²) >= 11 is 0. The van der Waals surface area contributed by atoms with Gasteiger partial charge in [-0.3, -0.25) is 4.68 Å². The molecule has 0 fully saturated rings. The van der Waals surface area contributed by atoms with Crippen LogP contribution in [0.25, 0.3) is 0 Å². The van der Waals surface area contributed by atoms with E-state index in [2.05, 4.69) is 32.6 Å². The first-order valence-electron chi connectivity index (χ1n) is 5.52. The van der Waals surface area contributed by atoms with Gasteiger partial charge in [-0.15, -0.1) is 0 Å². The van der Waals surface area contributed by atoms with Crippen LogP contribution < -0.4 is 10.6 Å². The monoisotopic (exact) mass is 232 g/mol. The highest BCUT2D eigenvalue weighted by Crippen LogP contribution is 2.23. The summed E-state index contributed by atoms with van der Waals surface area (Å²) in [7, 11) is 3.74. The van der Waals surface area contributed by atoms with Gasteiger partial charge in [-0.05, 0) is 6.42 Å². The Morgan fingerprint density at radius 1 is 1.29 bits per heavy atom. The first-order valence-corrected chi connectivity index (χ1v) is 5.52. The van der Waals surface area contributed by atoms with Gasteiger partial charge in [-0.25, -0.2) is 9.97 Å². The fourth-order valence-electron chi connectivity index (χ4n) is 1.69. The maximum atomic E-state index is 4.26. The Morgan fingerprint density at radius 3 is 2.65 bits per heavy atom. The second kappa shape index (κ2) is 4.82. The Labute approximate surface area is 100 Å². The topological polar surface area (TPSA) is 67.7 Å². The van der Waals surface area contributed by atoms with E-state index in [1.165, 1.54) is 0 Å². The van der Waals surface area contributed by atoms with Gasteiger partial charge in [0.25, 0.3) is 0 Å². The third kappa shape index (κ3) is 2.35. The lowest BCUT2D eigenvalue weighted by molar-refractivity contribution is 0.768. The molecule has 0 saturated heterocycles. The standard InChI is InChI=1S/C11H16N6/c1-4-9-10(12-2)13-7-14-11(9)16-8-5-15-17(3)6-8/h5-7H,4H2,1-3H3,(H2,12,13,14,16). The van der Waals surface area contributed by atoms with E-state index in [1.54, 1.807) is 17.2 Å². The van der Waals surface area contributed by atoms with Gasteiger partial charge < -0.3 is 10.6 Å². The van der Waals surface area contributed by atoms with Crippen molar-refractivity contribution in [3.63, 3.8) is 0 Å². The SMILES string of the molecule is CCc1c(NC)ncnc1Nc1cnn(C)c1. The third-order valence-corrected chi connectivity index (χ3v) is 2.50. The van der Waals surface area contributed by atoms with Gasteiger partial charge in [-0.1, -0.05) is 6.92 Å².